The van der Waals surface area contributed by atoms with Gasteiger partial charge in [-0.05, 0) is 42.0 Å². The van der Waals surface area contributed by atoms with Crippen molar-refractivity contribution in [3.05, 3.63) is 75.1 Å². The summed E-state index contributed by atoms with van der Waals surface area (Å²) in [6.45, 7) is 0.345. The third-order valence-electron chi connectivity index (χ3n) is 3.26. The van der Waals surface area contributed by atoms with Crippen LogP contribution in [-0.4, -0.2) is 5.97 Å². The molecule has 0 atom stereocenters. The number of halogens is 2. The van der Waals surface area contributed by atoms with Crippen molar-refractivity contribution in [3.63, 3.8) is 0 Å². The summed E-state index contributed by atoms with van der Waals surface area (Å²) in [7, 11) is 0. The number of carbonyl (C=O) groups excluding carboxylic acids is 1. The van der Waals surface area contributed by atoms with E-state index in [0.29, 0.717) is 22.5 Å². The minimum atomic E-state index is -0.805. The van der Waals surface area contributed by atoms with Crippen LogP contribution in [0.5, 0.6) is 5.75 Å². The van der Waals surface area contributed by atoms with E-state index in [1.165, 1.54) is 12.1 Å². The van der Waals surface area contributed by atoms with Crippen molar-refractivity contribution in [2.45, 2.75) is 6.54 Å². The van der Waals surface area contributed by atoms with Gasteiger partial charge in [0.05, 0.1) is 0 Å². The highest BCUT2D eigenvalue weighted by atomic mass is 35.5. The Morgan fingerprint density at radius 1 is 1.17 bits per heavy atom. The largest absolute Gasteiger partial charge is 0.423 e. The molecule has 2 aromatic carbocycles. The van der Waals surface area contributed by atoms with Gasteiger partial charge in [-0.3, -0.25) is 0 Å². The molecule has 24 heavy (non-hydrogen) atoms. The first-order valence-electron chi connectivity index (χ1n) is 6.81. The van der Waals surface area contributed by atoms with Crippen LogP contribution < -0.4 is 16.1 Å². The first-order chi connectivity index (χ1) is 11.1. The second kappa shape index (κ2) is 7.49. The molecule has 3 aromatic rings. The molecule has 3 rings (SSSR count). The molecule has 0 saturated carbocycles. The van der Waals surface area contributed by atoms with E-state index in [1.54, 1.807) is 36.4 Å². The van der Waals surface area contributed by atoms with Gasteiger partial charge in [0.15, 0.2) is 0 Å². The van der Waals surface area contributed by atoms with Crippen LogP contribution in [0.25, 0.3) is 11.0 Å². The molecule has 0 spiro atoms. The zero-order valence-corrected chi connectivity index (χ0v) is 13.9. The van der Waals surface area contributed by atoms with E-state index in [2.05, 4.69) is 0 Å². The molecular weight excluding hydrogens is 353 g/mol. The lowest BCUT2D eigenvalue weighted by atomic mass is 10.1. The van der Waals surface area contributed by atoms with Gasteiger partial charge in [0.25, 0.3) is 0 Å². The summed E-state index contributed by atoms with van der Waals surface area (Å²) >= 11 is 5.83. The molecule has 7 heteroatoms. The summed E-state index contributed by atoms with van der Waals surface area (Å²) in [6.07, 6.45) is 0. The fourth-order valence-electron chi connectivity index (χ4n) is 2.13. The molecule has 124 valence electrons. The summed E-state index contributed by atoms with van der Waals surface area (Å²) in [4.78, 5) is 24.2. The molecule has 0 fully saturated rings. The second-order valence-corrected chi connectivity index (χ2v) is 5.31. The molecule has 0 aliphatic heterocycles. The molecule has 0 aliphatic rings. The highest BCUT2D eigenvalue weighted by Gasteiger charge is 2.16. The number of rotatable bonds is 3. The van der Waals surface area contributed by atoms with E-state index in [9.17, 15) is 9.59 Å². The van der Waals surface area contributed by atoms with Crippen molar-refractivity contribution < 1.29 is 13.9 Å². The number of nitrogens with two attached hydrogens (primary N) is 1. The number of ether oxygens (including phenoxy) is 1. The van der Waals surface area contributed by atoms with E-state index in [4.69, 9.17) is 26.5 Å². The molecule has 0 radical (unpaired) electrons. The third-order valence-corrected chi connectivity index (χ3v) is 3.49. The van der Waals surface area contributed by atoms with Gasteiger partial charge in [-0.1, -0.05) is 23.7 Å². The van der Waals surface area contributed by atoms with Gasteiger partial charge >= 0.3 is 11.6 Å². The standard InChI is InChI=1S/C17H12ClNO4.ClH/c18-12-2-1-3-13(8-12)22-16(20)14-7-11-6-10(9-19)4-5-15(11)23-17(14)21;/h1-8H,9,19H2;1H. The predicted octanol–water partition coefficient (Wildman–Crippen LogP) is 3.55. The lowest BCUT2D eigenvalue weighted by molar-refractivity contribution is 0.0730. The topological polar surface area (TPSA) is 82.5 Å². The van der Waals surface area contributed by atoms with Gasteiger partial charge in [0, 0.05) is 17.0 Å². The first-order valence-corrected chi connectivity index (χ1v) is 7.19. The normalized spacial score (nSPS) is 10.2. The minimum absolute atomic E-state index is 0. The number of hydrogen-bond acceptors (Lipinski definition) is 5. The summed E-state index contributed by atoms with van der Waals surface area (Å²) in [5, 5.41) is 1.03. The van der Waals surface area contributed by atoms with Gasteiger partial charge in [0.1, 0.15) is 16.9 Å². The maximum Gasteiger partial charge on any atom is 0.351 e. The highest BCUT2D eigenvalue weighted by molar-refractivity contribution is 6.30. The fourth-order valence-corrected chi connectivity index (χ4v) is 2.31. The number of carbonyl (C=O) groups is 1. The van der Waals surface area contributed by atoms with E-state index >= 15 is 0 Å². The Morgan fingerprint density at radius 2 is 1.96 bits per heavy atom. The average Bonchev–Trinajstić information content (AvgIpc) is 2.53. The maximum absolute atomic E-state index is 12.2. The lowest BCUT2D eigenvalue weighted by Gasteiger charge is -2.05. The maximum atomic E-state index is 12.2. The van der Waals surface area contributed by atoms with Crippen LogP contribution in [-0.2, 0) is 6.54 Å². The number of fused-ring (bicyclic) bond motifs is 1. The molecule has 0 bridgehead atoms. The van der Waals surface area contributed by atoms with Crippen molar-refractivity contribution in [1.29, 1.82) is 0 Å². The van der Waals surface area contributed by atoms with E-state index < -0.39 is 11.6 Å². The Hall–Kier alpha value is -2.34. The first kappa shape index (κ1) is 18.0. The molecular formula is C17H13Cl2NO4. The monoisotopic (exact) mass is 365 g/mol. The Balaban J connectivity index is 0.00000208. The van der Waals surface area contributed by atoms with E-state index in [-0.39, 0.29) is 23.7 Å². The van der Waals surface area contributed by atoms with Gasteiger partial charge in [0.2, 0.25) is 0 Å². The molecule has 0 saturated heterocycles. The number of benzene rings is 2. The number of esters is 1. The fraction of sp³-hybridized carbons (Fsp3) is 0.0588. The molecule has 0 unspecified atom stereocenters. The van der Waals surface area contributed by atoms with Crippen LogP contribution in [0.3, 0.4) is 0 Å². The quantitative estimate of drug-likeness (QED) is 0.436. The van der Waals surface area contributed by atoms with Gasteiger partial charge in [-0.25, -0.2) is 9.59 Å². The van der Waals surface area contributed by atoms with Crippen LogP contribution >= 0.6 is 24.0 Å². The van der Waals surface area contributed by atoms with Crippen molar-refractivity contribution in [1.82, 2.24) is 0 Å². The lowest BCUT2D eigenvalue weighted by Crippen LogP contribution is -2.18. The zero-order chi connectivity index (χ0) is 16.4. The van der Waals surface area contributed by atoms with E-state index in [1.807, 2.05) is 0 Å². The van der Waals surface area contributed by atoms with Crippen molar-refractivity contribution in [2.75, 3.05) is 0 Å². The van der Waals surface area contributed by atoms with Gasteiger partial charge < -0.3 is 14.9 Å². The Morgan fingerprint density at radius 3 is 2.67 bits per heavy atom. The van der Waals surface area contributed by atoms with Crippen LogP contribution in [0.4, 0.5) is 0 Å². The third kappa shape index (κ3) is 3.76. The molecule has 0 aliphatic carbocycles. The molecule has 5 nitrogen and oxygen atoms in total. The Bertz CT molecular complexity index is 953. The summed E-state index contributed by atoms with van der Waals surface area (Å²) in [6, 6.07) is 12.9. The second-order valence-electron chi connectivity index (χ2n) is 4.87. The Labute approximate surface area is 148 Å². The van der Waals surface area contributed by atoms with Crippen LogP contribution in [0.2, 0.25) is 5.02 Å². The summed E-state index contributed by atoms with van der Waals surface area (Å²) < 4.78 is 10.3. The van der Waals surface area contributed by atoms with E-state index in [0.717, 1.165) is 5.56 Å². The molecule has 2 N–H and O–H groups in total. The van der Waals surface area contributed by atoms with Gasteiger partial charge in [-0.2, -0.15) is 0 Å². The van der Waals surface area contributed by atoms with Crippen LogP contribution in [0.15, 0.2) is 57.7 Å². The number of hydrogen-bond donors (Lipinski definition) is 1. The molecule has 1 heterocycles. The van der Waals surface area contributed by atoms with Crippen molar-refractivity contribution >= 4 is 40.9 Å². The molecule has 0 amide bonds. The predicted molar refractivity (Wildman–Crippen MR) is 94.0 cm³/mol. The minimum Gasteiger partial charge on any atom is -0.423 e. The highest BCUT2D eigenvalue weighted by Crippen LogP contribution is 2.19. The summed E-state index contributed by atoms with van der Waals surface area (Å²) in [5.41, 5.74) is 5.88. The zero-order valence-electron chi connectivity index (χ0n) is 12.3. The van der Waals surface area contributed by atoms with Crippen LogP contribution in [0, 0.1) is 0 Å². The van der Waals surface area contributed by atoms with Crippen molar-refractivity contribution in [2.24, 2.45) is 5.73 Å². The average molecular weight is 366 g/mol. The SMILES string of the molecule is Cl.NCc1ccc2oc(=O)c(C(=O)Oc3cccc(Cl)c3)cc2c1. The van der Waals surface area contributed by atoms with Crippen LogP contribution in [0.1, 0.15) is 15.9 Å². The van der Waals surface area contributed by atoms with Gasteiger partial charge in [-0.15, -0.1) is 12.4 Å². The smallest absolute Gasteiger partial charge is 0.351 e. The molecule has 1 aromatic heterocycles. The van der Waals surface area contributed by atoms with Crippen molar-refractivity contribution in [3.8, 4) is 5.75 Å². The Kier molecular flexibility index (Phi) is 5.62. The summed E-state index contributed by atoms with van der Waals surface area (Å²) in [5.74, 6) is -0.557.